The molecule has 0 heterocycles. The van der Waals surface area contributed by atoms with Gasteiger partial charge in [-0.2, -0.15) is 0 Å². The number of nitrogens with two attached hydrogens (primary N) is 1. The molecule has 5 N–H and O–H groups in total. The maximum absolute atomic E-state index is 12.9. The molecule has 7 nitrogen and oxygen atoms in total. The molecule has 0 bridgehead atoms. The Labute approximate surface area is 207 Å². The first-order valence-electron chi connectivity index (χ1n) is 13.0. The van der Waals surface area contributed by atoms with Crippen LogP contribution in [-0.4, -0.2) is 62.6 Å². The highest BCUT2D eigenvalue weighted by atomic mass is 16.5. The van der Waals surface area contributed by atoms with Gasteiger partial charge in [0.05, 0.1) is 18.3 Å². The molecule has 0 aromatic heterocycles. The second-order valence-electron chi connectivity index (χ2n) is 9.68. The number of hydrogen-bond donors (Lipinski definition) is 4. The summed E-state index contributed by atoms with van der Waals surface area (Å²) in [5.41, 5.74) is 6.88. The van der Waals surface area contributed by atoms with E-state index in [0.717, 1.165) is 19.3 Å². The van der Waals surface area contributed by atoms with Crippen molar-refractivity contribution >= 4 is 5.91 Å². The van der Waals surface area contributed by atoms with E-state index >= 15 is 0 Å². The van der Waals surface area contributed by atoms with Gasteiger partial charge in [-0.25, -0.2) is 0 Å². The number of benzene rings is 1. The van der Waals surface area contributed by atoms with Crippen LogP contribution in [0.3, 0.4) is 0 Å². The molecule has 196 valence electrons. The summed E-state index contributed by atoms with van der Waals surface area (Å²) < 4.78 is 10.9. The zero-order chi connectivity index (χ0) is 25.3. The third kappa shape index (κ3) is 12.2. The second kappa shape index (κ2) is 17.7. The van der Waals surface area contributed by atoms with Crippen molar-refractivity contribution < 1.29 is 19.4 Å². The van der Waals surface area contributed by atoms with E-state index in [4.69, 9.17) is 15.2 Å². The molecule has 1 aromatic carbocycles. The summed E-state index contributed by atoms with van der Waals surface area (Å²) in [5.74, 6) is 0.920. The van der Waals surface area contributed by atoms with Crippen molar-refractivity contribution in [2.24, 2.45) is 17.6 Å². The SMILES string of the molecule is CCCC[C@@H](C)NCC(O)C(N)CC(CNC(=O)c1ccccc1OCCCCOC)C(C)C. The average Bonchev–Trinajstić information content (AvgIpc) is 2.83. The number of aliphatic hydroxyl groups excluding tert-OH is 1. The van der Waals surface area contributed by atoms with Gasteiger partial charge in [0.15, 0.2) is 0 Å². The van der Waals surface area contributed by atoms with Crippen molar-refractivity contribution in [3.63, 3.8) is 0 Å². The highest BCUT2D eigenvalue weighted by Gasteiger charge is 2.23. The Balaban J connectivity index is 2.57. The Morgan fingerprint density at radius 1 is 1.09 bits per heavy atom. The number of unbranched alkanes of at least 4 members (excludes halogenated alkanes) is 2. The number of hydrogen-bond acceptors (Lipinski definition) is 6. The van der Waals surface area contributed by atoms with Crippen molar-refractivity contribution in [3.8, 4) is 5.75 Å². The van der Waals surface area contributed by atoms with Crippen LogP contribution in [0.15, 0.2) is 24.3 Å². The molecule has 0 aliphatic rings. The van der Waals surface area contributed by atoms with Crippen LogP contribution in [0, 0.1) is 11.8 Å². The molecule has 0 saturated heterocycles. The third-order valence-electron chi connectivity index (χ3n) is 6.33. The fourth-order valence-electron chi connectivity index (χ4n) is 3.81. The minimum atomic E-state index is -0.617. The summed E-state index contributed by atoms with van der Waals surface area (Å²) in [6.45, 7) is 10.8. The Morgan fingerprint density at radius 2 is 1.79 bits per heavy atom. The maximum atomic E-state index is 12.9. The lowest BCUT2D eigenvalue weighted by atomic mass is 9.87. The van der Waals surface area contributed by atoms with Gasteiger partial charge >= 0.3 is 0 Å². The van der Waals surface area contributed by atoms with E-state index in [1.54, 1.807) is 13.2 Å². The van der Waals surface area contributed by atoms with Crippen LogP contribution in [0.2, 0.25) is 0 Å². The Hall–Kier alpha value is -1.67. The van der Waals surface area contributed by atoms with Crippen LogP contribution in [0.25, 0.3) is 0 Å². The van der Waals surface area contributed by atoms with E-state index in [1.165, 1.54) is 12.8 Å². The van der Waals surface area contributed by atoms with Crippen molar-refractivity contribution in [2.75, 3.05) is 33.4 Å². The van der Waals surface area contributed by atoms with E-state index in [2.05, 4.69) is 38.3 Å². The molecule has 4 atom stereocenters. The standard InChI is InChI=1S/C27H49N3O4/c1-6-7-12-21(4)29-19-25(31)24(28)17-22(20(2)3)18-30-27(32)23-13-8-9-14-26(23)34-16-11-10-15-33-5/h8-9,13-14,20-22,24-25,29,31H,6-7,10-12,15-19,28H2,1-5H3,(H,30,32)/t21-,22?,24?,25?/m1/s1. The highest BCUT2D eigenvalue weighted by Crippen LogP contribution is 2.20. The first-order chi connectivity index (χ1) is 16.3. The van der Waals surface area contributed by atoms with E-state index in [1.807, 2.05) is 18.2 Å². The van der Waals surface area contributed by atoms with E-state index < -0.39 is 6.10 Å². The fourth-order valence-corrected chi connectivity index (χ4v) is 3.81. The molecule has 0 radical (unpaired) electrons. The number of aliphatic hydroxyl groups is 1. The van der Waals surface area contributed by atoms with E-state index in [-0.39, 0.29) is 17.9 Å². The van der Waals surface area contributed by atoms with Crippen molar-refractivity contribution in [2.45, 2.75) is 84.4 Å². The number of ether oxygens (including phenoxy) is 2. The fraction of sp³-hybridized carbons (Fsp3) is 0.741. The molecular formula is C27H49N3O4. The molecule has 0 fully saturated rings. The molecule has 1 rings (SSSR count). The Kier molecular flexibility index (Phi) is 15.8. The van der Waals surface area contributed by atoms with Crippen LogP contribution < -0.4 is 21.1 Å². The molecule has 1 aromatic rings. The Morgan fingerprint density at radius 3 is 2.47 bits per heavy atom. The van der Waals surface area contributed by atoms with Gasteiger partial charge in [0.2, 0.25) is 0 Å². The number of carbonyl (C=O) groups excluding carboxylic acids is 1. The molecule has 34 heavy (non-hydrogen) atoms. The van der Waals surface area contributed by atoms with Crippen LogP contribution in [0.5, 0.6) is 5.75 Å². The molecule has 1 amide bonds. The van der Waals surface area contributed by atoms with Gasteiger partial charge < -0.3 is 30.9 Å². The molecule has 7 heteroatoms. The average molecular weight is 480 g/mol. The summed E-state index contributed by atoms with van der Waals surface area (Å²) in [6.07, 6.45) is 5.24. The summed E-state index contributed by atoms with van der Waals surface area (Å²) >= 11 is 0. The summed E-state index contributed by atoms with van der Waals surface area (Å²) in [4.78, 5) is 12.9. The van der Waals surface area contributed by atoms with Gasteiger partial charge in [0, 0.05) is 38.9 Å². The van der Waals surface area contributed by atoms with Crippen LogP contribution >= 0.6 is 0 Å². The smallest absolute Gasteiger partial charge is 0.255 e. The minimum Gasteiger partial charge on any atom is -0.493 e. The summed E-state index contributed by atoms with van der Waals surface area (Å²) in [6, 6.07) is 7.34. The quantitative estimate of drug-likeness (QED) is 0.225. The van der Waals surface area contributed by atoms with Crippen LogP contribution in [0.4, 0.5) is 0 Å². The van der Waals surface area contributed by atoms with Crippen LogP contribution in [0.1, 0.15) is 76.6 Å². The highest BCUT2D eigenvalue weighted by molar-refractivity contribution is 5.96. The van der Waals surface area contributed by atoms with Gasteiger partial charge in [0.1, 0.15) is 5.75 Å². The topological polar surface area (TPSA) is 106 Å². The number of para-hydroxylation sites is 1. The number of nitrogens with one attached hydrogen (secondary N) is 2. The summed E-state index contributed by atoms with van der Waals surface area (Å²) in [7, 11) is 1.69. The molecular weight excluding hydrogens is 430 g/mol. The van der Waals surface area contributed by atoms with Gasteiger partial charge in [-0.3, -0.25) is 4.79 Å². The van der Waals surface area contributed by atoms with Gasteiger partial charge in [-0.1, -0.05) is 45.7 Å². The second-order valence-corrected chi connectivity index (χ2v) is 9.68. The molecule has 3 unspecified atom stereocenters. The lowest BCUT2D eigenvalue weighted by Crippen LogP contribution is -2.46. The number of carbonyl (C=O) groups is 1. The molecule has 0 saturated carbocycles. The monoisotopic (exact) mass is 479 g/mol. The maximum Gasteiger partial charge on any atom is 0.255 e. The number of amides is 1. The van der Waals surface area contributed by atoms with Gasteiger partial charge in [0.25, 0.3) is 5.91 Å². The summed E-state index contributed by atoms with van der Waals surface area (Å²) in [5, 5.41) is 17.0. The first kappa shape index (κ1) is 30.4. The molecule has 0 spiro atoms. The van der Waals surface area contributed by atoms with Crippen molar-refractivity contribution in [1.82, 2.24) is 10.6 Å². The zero-order valence-corrected chi connectivity index (χ0v) is 22.0. The predicted octanol–water partition coefficient (Wildman–Crippen LogP) is 3.74. The predicted molar refractivity (Wildman–Crippen MR) is 139 cm³/mol. The number of methoxy groups -OCH3 is 1. The zero-order valence-electron chi connectivity index (χ0n) is 22.0. The first-order valence-corrected chi connectivity index (χ1v) is 13.0. The van der Waals surface area contributed by atoms with E-state index in [9.17, 15) is 9.90 Å². The Bertz CT molecular complexity index is 671. The number of rotatable bonds is 19. The van der Waals surface area contributed by atoms with Gasteiger partial charge in [-0.15, -0.1) is 0 Å². The normalized spacial score (nSPS) is 15.1. The van der Waals surface area contributed by atoms with Crippen LogP contribution in [-0.2, 0) is 4.74 Å². The minimum absolute atomic E-state index is 0.154. The van der Waals surface area contributed by atoms with Crippen molar-refractivity contribution in [3.05, 3.63) is 29.8 Å². The molecule has 0 aliphatic heterocycles. The van der Waals surface area contributed by atoms with Gasteiger partial charge in [-0.05, 0) is 56.6 Å². The lowest BCUT2D eigenvalue weighted by Gasteiger charge is -2.28. The van der Waals surface area contributed by atoms with Crippen molar-refractivity contribution in [1.29, 1.82) is 0 Å². The largest absolute Gasteiger partial charge is 0.493 e. The molecule has 0 aliphatic carbocycles. The lowest BCUT2D eigenvalue weighted by molar-refractivity contribution is 0.0926. The van der Waals surface area contributed by atoms with E-state index in [0.29, 0.717) is 56.0 Å². The third-order valence-corrected chi connectivity index (χ3v) is 6.33.